The molecule has 2 rings (SSSR count). The van der Waals surface area contributed by atoms with E-state index >= 15 is 0 Å². The molecule has 0 radical (unpaired) electrons. The monoisotopic (exact) mass is 246 g/mol. The van der Waals surface area contributed by atoms with Gasteiger partial charge in [-0.2, -0.15) is 0 Å². The summed E-state index contributed by atoms with van der Waals surface area (Å²) in [5.41, 5.74) is 2.12. The maximum atomic E-state index is 5.51. The number of hydrogen-bond acceptors (Lipinski definition) is 4. The molecule has 2 aromatic rings. The Bertz CT molecular complexity index is 437. The fourth-order valence-electron chi connectivity index (χ4n) is 1.57. The normalized spacial score (nSPS) is 10.7. The van der Waals surface area contributed by atoms with Crippen molar-refractivity contribution in [2.24, 2.45) is 0 Å². The highest BCUT2D eigenvalue weighted by atomic mass is 16.5. The van der Waals surface area contributed by atoms with Gasteiger partial charge in [-0.05, 0) is 30.3 Å². The van der Waals surface area contributed by atoms with Gasteiger partial charge in [-0.3, -0.25) is 4.98 Å². The Hall–Kier alpha value is -1.65. The lowest BCUT2D eigenvalue weighted by atomic mass is 10.2. The molecule has 2 aromatic heterocycles. The molecule has 4 heteroatoms. The Labute approximate surface area is 107 Å². The molecule has 96 valence electrons. The third-order valence-electron chi connectivity index (χ3n) is 2.54. The molecule has 1 N–H and O–H groups in total. The van der Waals surface area contributed by atoms with Gasteiger partial charge in [0.25, 0.3) is 0 Å². The SMILES string of the molecule is CCNCc1ccc(COCc2ccco2)nc1. The highest BCUT2D eigenvalue weighted by molar-refractivity contribution is 5.13. The Balaban J connectivity index is 1.75. The van der Waals surface area contributed by atoms with E-state index in [9.17, 15) is 0 Å². The van der Waals surface area contributed by atoms with Crippen LogP contribution >= 0.6 is 0 Å². The van der Waals surface area contributed by atoms with E-state index in [0.29, 0.717) is 13.2 Å². The van der Waals surface area contributed by atoms with Crippen molar-refractivity contribution in [2.45, 2.75) is 26.7 Å². The molecule has 0 aliphatic carbocycles. The Morgan fingerprint density at radius 1 is 1.28 bits per heavy atom. The second kappa shape index (κ2) is 6.93. The van der Waals surface area contributed by atoms with Gasteiger partial charge in [0, 0.05) is 12.7 Å². The number of furan rings is 1. The van der Waals surface area contributed by atoms with Crippen molar-refractivity contribution in [3.8, 4) is 0 Å². The van der Waals surface area contributed by atoms with Crippen LogP contribution in [0, 0.1) is 0 Å². The molecule has 18 heavy (non-hydrogen) atoms. The van der Waals surface area contributed by atoms with Gasteiger partial charge in [0.1, 0.15) is 12.4 Å². The third kappa shape index (κ3) is 3.98. The molecular formula is C14H18N2O2. The summed E-state index contributed by atoms with van der Waals surface area (Å²) in [5, 5.41) is 3.26. The van der Waals surface area contributed by atoms with Gasteiger partial charge in [-0.15, -0.1) is 0 Å². The number of nitrogens with zero attached hydrogens (tertiary/aromatic N) is 1. The summed E-state index contributed by atoms with van der Waals surface area (Å²) in [6.07, 6.45) is 3.53. The first-order valence-corrected chi connectivity index (χ1v) is 6.13. The lowest BCUT2D eigenvalue weighted by Crippen LogP contribution is -2.12. The van der Waals surface area contributed by atoms with Gasteiger partial charge in [0.2, 0.25) is 0 Å². The summed E-state index contributed by atoms with van der Waals surface area (Å²) in [6, 6.07) is 7.81. The molecule has 0 unspecified atom stereocenters. The summed E-state index contributed by atoms with van der Waals surface area (Å²) in [7, 11) is 0. The maximum Gasteiger partial charge on any atom is 0.129 e. The van der Waals surface area contributed by atoms with Gasteiger partial charge in [-0.1, -0.05) is 13.0 Å². The van der Waals surface area contributed by atoms with Crippen LogP contribution in [0.3, 0.4) is 0 Å². The Morgan fingerprint density at radius 2 is 2.22 bits per heavy atom. The average Bonchev–Trinajstić information content (AvgIpc) is 2.91. The summed E-state index contributed by atoms with van der Waals surface area (Å²) in [4.78, 5) is 4.35. The predicted molar refractivity (Wildman–Crippen MR) is 68.8 cm³/mol. The van der Waals surface area contributed by atoms with E-state index in [4.69, 9.17) is 9.15 Å². The molecule has 0 saturated heterocycles. The smallest absolute Gasteiger partial charge is 0.129 e. The molecule has 0 bridgehead atoms. The minimum absolute atomic E-state index is 0.480. The molecule has 2 heterocycles. The zero-order valence-electron chi connectivity index (χ0n) is 10.6. The van der Waals surface area contributed by atoms with Crippen LogP contribution in [0.2, 0.25) is 0 Å². The van der Waals surface area contributed by atoms with Crippen LogP contribution in [0.15, 0.2) is 41.1 Å². The topological polar surface area (TPSA) is 47.3 Å². The van der Waals surface area contributed by atoms with Crippen LogP contribution in [-0.4, -0.2) is 11.5 Å². The minimum atomic E-state index is 0.480. The fraction of sp³-hybridized carbons (Fsp3) is 0.357. The highest BCUT2D eigenvalue weighted by Gasteiger charge is 1.99. The first-order chi connectivity index (χ1) is 8.88. The van der Waals surface area contributed by atoms with Crippen LogP contribution in [-0.2, 0) is 24.5 Å². The van der Waals surface area contributed by atoms with Crippen LogP contribution in [0.4, 0.5) is 0 Å². The molecule has 0 aliphatic rings. The Kier molecular flexibility index (Phi) is 4.93. The molecule has 0 fully saturated rings. The van der Waals surface area contributed by atoms with Crippen molar-refractivity contribution in [3.05, 3.63) is 53.7 Å². The van der Waals surface area contributed by atoms with Crippen molar-refractivity contribution < 1.29 is 9.15 Å². The number of ether oxygens (including phenoxy) is 1. The number of hydrogen-bond donors (Lipinski definition) is 1. The number of nitrogens with one attached hydrogen (secondary N) is 1. The van der Waals surface area contributed by atoms with Crippen molar-refractivity contribution in [3.63, 3.8) is 0 Å². The maximum absolute atomic E-state index is 5.51. The summed E-state index contributed by atoms with van der Waals surface area (Å²) in [5.74, 6) is 0.832. The van der Waals surface area contributed by atoms with Crippen molar-refractivity contribution in [2.75, 3.05) is 6.54 Å². The Morgan fingerprint density at radius 3 is 2.89 bits per heavy atom. The van der Waals surface area contributed by atoms with Crippen LogP contribution in [0.1, 0.15) is 23.9 Å². The van der Waals surface area contributed by atoms with E-state index in [-0.39, 0.29) is 0 Å². The largest absolute Gasteiger partial charge is 0.467 e. The molecule has 0 saturated carbocycles. The molecular weight excluding hydrogens is 228 g/mol. The van der Waals surface area contributed by atoms with E-state index in [0.717, 1.165) is 24.5 Å². The van der Waals surface area contributed by atoms with Gasteiger partial charge in [-0.25, -0.2) is 0 Å². The van der Waals surface area contributed by atoms with E-state index in [1.165, 1.54) is 5.56 Å². The first-order valence-electron chi connectivity index (χ1n) is 6.13. The molecule has 4 nitrogen and oxygen atoms in total. The lowest BCUT2D eigenvalue weighted by Gasteiger charge is -2.04. The van der Waals surface area contributed by atoms with Gasteiger partial charge in [0.05, 0.1) is 18.6 Å². The van der Waals surface area contributed by atoms with Crippen LogP contribution < -0.4 is 5.32 Å². The van der Waals surface area contributed by atoms with E-state index in [1.54, 1.807) is 6.26 Å². The summed E-state index contributed by atoms with van der Waals surface area (Å²) < 4.78 is 10.7. The van der Waals surface area contributed by atoms with Gasteiger partial charge >= 0.3 is 0 Å². The third-order valence-corrected chi connectivity index (χ3v) is 2.54. The zero-order valence-corrected chi connectivity index (χ0v) is 10.6. The van der Waals surface area contributed by atoms with E-state index in [1.807, 2.05) is 24.4 Å². The quantitative estimate of drug-likeness (QED) is 0.815. The van der Waals surface area contributed by atoms with Crippen molar-refractivity contribution >= 4 is 0 Å². The predicted octanol–water partition coefficient (Wildman–Crippen LogP) is 2.50. The second-order valence-electron chi connectivity index (χ2n) is 4.01. The lowest BCUT2D eigenvalue weighted by molar-refractivity contribution is 0.0906. The molecule has 0 aromatic carbocycles. The standard InChI is InChI=1S/C14H18N2O2/c1-2-15-8-12-5-6-13(16-9-12)10-17-11-14-4-3-7-18-14/h3-7,9,15H,2,8,10-11H2,1H3. The fourth-order valence-corrected chi connectivity index (χ4v) is 1.57. The first kappa shape index (κ1) is 12.8. The number of rotatable bonds is 7. The summed E-state index contributed by atoms with van der Waals surface area (Å²) >= 11 is 0. The number of aromatic nitrogens is 1. The van der Waals surface area contributed by atoms with Crippen LogP contribution in [0.25, 0.3) is 0 Å². The summed E-state index contributed by atoms with van der Waals surface area (Å²) in [6.45, 7) is 4.89. The second-order valence-corrected chi connectivity index (χ2v) is 4.01. The van der Waals surface area contributed by atoms with E-state index in [2.05, 4.69) is 23.3 Å². The molecule has 0 spiro atoms. The highest BCUT2D eigenvalue weighted by Crippen LogP contribution is 2.06. The van der Waals surface area contributed by atoms with E-state index < -0.39 is 0 Å². The zero-order chi connectivity index (χ0) is 12.6. The minimum Gasteiger partial charge on any atom is -0.467 e. The molecule has 0 aliphatic heterocycles. The average molecular weight is 246 g/mol. The number of pyridine rings is 1. The van der Waals surface area contributed by atoms with Crippen molar-refractivity contribution in [1.29, 1.82) is 0 Å². The van der Waals surface area contributed by atoms with Gasteiger partial charge in [0.15, 0.2) is 0 Å². The van der Waals surface area contributed by atoms with Crippen molar-refractivity contribution in [1.82, 2.24) is 10.3 Å². The van der Waals surface area contributed by atoms with Crippen LogP contribution in [0.5, 0.6) is 0 Å². The molecule has 0 atom stereocenters. The molecule has 0 amide bonds. The van der Waals surface area contributed by atoms with Gasteiger partial charge < -0.3 is 14.5 Å².